The van der Waals surface area contributed by atoms with Crippen molar-refractivity contribution in [3.63, 3.8) is 0 Å². The van der Waals surface area contributed by atoms with Gasteiger partial charge in [0.25, 0.3) is 5.91 Å². The van der Waals surface area contributed by atoms with Crippen LogP contribution in [-0.4, -0.2) is 54.3 Å². The summed E-state index contributed by atoms with van der Waals surface area (Å²) in [5.41, 5.74) is 0. The summed E-state index contributed by atoms with van der Waals surface area (Å²) in [6.45, 7) is 6.53. The van der Waals surface area contributed by atoms with Gasteiger partial charge in [-0.15, -0.1) is 22.9 Å². The van der Waals surface area contributed by atoms with E-state index in [-0.39, 0.29) is 5.91 Å². The lowest BCUT2D eigenvalue weighted by molar-refractivity contribution is 0.0649. The minimum absolute atomic E-state index is 0.185. The molecular weight excluding hydrogens is 268 g/mol. The van der Waals surface area contributed by atoms with Gasteiger partial charge in [-0.25, -0.2) is 0 Å². The van der Waals surface area contributed by atoms with Gasteiger partial charge in [0.15, 0.2) is 0 Å². The van der Waals surface area contributed by atoms with E-state index in [9.17, 15) is 4.79 Å². The van der Waals surface area contributed by atoms with Crippen LogP contribution in [0.3, 0.4) is 0 Å². The Labute approximate surface area is 117 Å². The lowest BCUT2D eigenvalue weighted by Gasteiger charge is -2.34. The summed E-state index contributed by atoms with van der Waals surface area (Å²) in [6.07, 6.45) is 1.00. The highest BCUT2D eigenvalue weighted by Crippen LogP contribution is 2.19. The maximum Gasteiger partial charge on any atom is 0.264 e. The molecule has 2 heterocycles. The van der Waals surface area contributed by atoms with E-state index in [1.807, 2.05) is 11.0 Å². The quantitative estimate of drug-likeness (QED) is 0.793. The Bertz CT molecular complexity index is 399. The van der Waals surface area contributed by atoms with Crippen LogP contribution in [-0.2, 0) is 6.42 Å². The van der Waals surface area contributed by atoms with Gasteiger partial charge in [-0.1, -0.05) is 6.92 Å². The molecule has 1 aliphatic rings. The van der Waals surface area contributed by atoms with E-state index in [1.54, 1.807) is 11.3 Å². The minimum Gasteiger partial charge on any atom is -0.335 e. The van der Waals surface area contributed by atoms with Gasteiger partial charge >= 0.3 is 0 Å². The molecule has 0 radical (unpaired) electrons. The van der Waals surface area contributed by atoms with E-state index < -0.39 is 0 Å². The topological polar surface area (TPSA) is 23.6 Å². The van der Waals surface area contributed by atoms with Crippen molar-refractivity contribution in [3.05, 3.63) is 21.9 Å². The first kappa shape index (κ1) is 13.8. The van der Waals surface area contributed by atoms with Gasteiger partial charge < -0.3 is 4.90 Å². The summed E-state index contributed by atoms with van der Waals surface area (Å²) in [6, 6.07) is 4.01. The smallest absolute Gasteiger partial charge is 0.264 e. The fourth-order valence-electron chi connectivity index (χ4n) is 2.13. The number of amides is 1. The zero-order valence-electron chi connectivity index (χ0n) is 10.7. The van der Waals surface area contributed by atoms with Gasteiger partial charge in [0, 0.05) is 43.5 Å². The first-order chi connectivity index (χ1) is 8.74. The van der Waals surface area contributed by atoms with Crippen LogP contribution < -0.4 is 0 Å². The molecule has 18 heavy (non-hydrogen) atoms. The van der Waals surface area contributed by atoms with E-state index >= 15 is 0 Å². The number of thiophene rings is 1. The van der Waals surface area contributed by atoms with Crippen LogP contribution in [0.1, 0.15) is 21.5 Å². The summed E-state index contributed by atoms with van der Waals surface area (Å²) in [4.78, 5) is 18.7. The molecule has 0 spiro atoms. The second kappa shape index (κ2) is 6.55. The number of hydrogen-bond acceptors (Lipinski definition) is 3. The van der Waals surface area contributed by atoms with E-state index in [0.717, 1.165) is 44.0 Å². The van der Waals surface area contributed by atoms with Crippen LogP contribution in [0.15, 0.2) is 12.1 Å². The first-order valence-corrected chi connectivity index (χ1v) is 7.76. The zero-order chi connectivity index (χ0) is 13.0. The average molecular weight is 287 g/mol. The maximum absolute atomic E-state index is 12.3. The highest BCUT2D eigenvalue weighted by atomic mass is 35.5. The van der Waals surface area contributed by atoms with Crippen LogP contribution in [0.5, 0.6) is 0 Å². The molecule has 0 bridgehead atoms. The van der Waals surface area contributed by atoms with E-state index in [0.29, 0.717) is 5.88 Å². The van der Waals surface area contributed by atoms with Crippen LogP contribution in [0.4, 0.5) is 0 Å². The summed E-state index contributed by atoms with van der Waals surface area (Å²) in [7, 11) is 0. The van der Waals surface area contributed by atoms with Crippen molar-refractivity contribution in [2.45, 2.75) is 13.3 Å². The molecule has 1 amide bonds. The maximum atomic E-state index is 12.3. The fourth-order valence-corrected chi connectivity index (χ4v) is 3.29. The molecule has 0 N–H and O–H groups in total. The third-order valence-electron chi connectivity index (χ3n) is 3.28. The van der Waals surface area contributed by atoms with Gasteiger partial charge in [-0.05, 0) is 18.6 Å². The molecule has 3 nitrogen and oxygen atoms in total. The molecular formula is C13H19ClN2OS. The standard InChI is InChI=1S/C13H19ClN2OS/c1-2-11-3-4-12(18-11)13(17)16-9-7-15(6-5-14)8-10-16/h3-4H,2,5-10H2,1H3. The molecule has 100 valence electrons. The fraction of sp³-hybridized carbons (Fsp3) is 0.615. The zero-order valence-corrected chi connectivity index (χ0v) is 12.3. The Morgan fingerprint density at radius 1 is 1.33 bits per heavy atom. The summed E-state index contributed by atoms with van der Waals surface area (Å²) in [5, 5.41) is 0. The molecule has 2 rings (SSSR count). The summed E-state index contributed by atoms with van der Waals surface area (Å²) < 4.78 is 0. The van der Waals surface area contributed by atoms with Gasteiger partial charge in [0.2, 0.25) is 0 Å². The number of carbonyl (C=O) groups excluding carboxylic acids is 1. The molecule has 0 atom stereocenters. The monoisotopic (exact) mass is 286 g/mol. The van der Waals surface area contributed by atoms with Gasteiger partial charge in [-0.3, -0.25) is 9.69 Å². The predicted molar refractivity (Wildman–Crippen MR) is 76.8 cm³/mol. The molecule has 1 saturated heterocycles. The Hall–Kier alpha value is -0.580. The van der Waals surface area contributed by atoms with Crippen LogP contribution in [0, 0.1) is 0 Å². The molecule has 0 saturated carbocycles. The largest absolute Gasteiger partial charge is 0.335 e. The van der Waals surface area contributed by atoms with Crippen molar-refractivity contribution in [3.8, 4) is 0 Å². The second-order valence-electron chi connectivity index (χ2n) is 4.44. The molecule has 1 fully saturated rings. The highest BCUT2D eigenvalue weighted by Gasteiger charge is 2.22. The molecule has 0 aliphatic carbocycles. The van der Waals surface area contributed by atoms with Crippen molar-refractivity contribution in [2.75, 3.05) is 38.6 Å². The Balaban J connectivity index is 1.91. The number of piperazine rings is 1. The number of carbonyl (C=O) groups is 1. The SMILES string of the molecule is CCc1ccc(C(=O)N2CCN(CCCl)CC2)s1. The van der Waals surface area contributed by atoms with Crippen LogP contribution in [0.2, 0.25) is 0 Å². The highest BCUT2D eigenvalue weighted by molar-refractivity contribution is 7.14. The van der Waals surface area contributed by atoms with Gasteiger partial charge in [-0.2, -0.15) is 0 Å². The molecule has 1 aromatic heterocycles. The molecule has 5 heteroatoms. The number of rotatable bonds is 4. The number of nitrogens with zero attached hydrogens (tertiary/aromatic N) is 2. The predicted octanol–water partition coefficient (Wildman–Crippen LogP) is 2.31. The number of halogens is 1. The Morgan fingerprint density at radius 3 is 2.61 bits per heavy atom. The lowest BCUT2D eigenvalue weighted by atomic mass is 10.3. The van der Waals surface area contributed by atoms with E-state index in [4.69, 9.17) is 11.6 Å². The Morgan fingerprint density at radius 2 is 2.06 bits per heavy atom. The number of alkyl halides is 1. The summed E-state index contributed by atoms with van der Waals surface area (Å²) >= 11 is 7.35. The molecule has 0 unspecified atom stereocenters. The van der Waals surface area contributed by atoms with E-state index in [1.165, 1.54) is 4.88 Å². The van der Waals surface area contributed by atoms with Gasteiger partial charge in [0.05, 0.1) is 4.88 Å². The third-order valence-corrected chi connectivity index (χ3v) is 4.67. The van der Waals surface area contributed by atoms with Crippen molar-refractivity contribution in [2.24, 2.45) is 0 Å². The average Bonchev–Trinajstić information content (AvgIpc) is 2.88. The van der Waals surface area contributed by atoms with Crippen molar-refractivity contribution >= 4 is 28.8 Å². The van der Waals surface area contributed by atoms with E-state index in [2.05, 4.69) is 17.9 Å². The van der Waals surface area contributed by atoms with Crippen molar-refractivity contribution in [1.82, 2.24) is 9.80 Å². The summed E-state index contributed by atoms with van der Waals surface area (Å²) in [5.74, 6) is 0.851. The molecule has 0 aromatic carbocycles. The minimum atomic E-state index is 0.185. The number of hydrogen-bond donors (Lipinski definition) is 0. The third kappa shape index (κ3) is 3.25. The lowest BCUT2D eigenvalue weighted by Crippen LogP contribution is -2.48. The number of aryl methyl sites for hydroxylation is 1. The first-order valence-electron chi connectivity index (χ1n) is 6.41. The molecule has 1 aromatic rings. The Kier molecular flexibility index (Phi) is 5.03. The normalized spacial score (nSPS) is 17.1. The second-order valence-corrected chi connectivity index (χ2v) is 5.99. The molecule has 1 aliphatic heterocycles. The van der Waals surface area contributed by atoms with Crippen molar-refractivity contribution < 1.29 is 4.79 Å². The van der Waals surface area contributed by atoms with Crippen molar-refractivity contribution in [1.29, 1.82) is 0 Å². The van der Waals surface area contributed by atoms with Crippen LogP contribution >= 0.6 is 22.9 Å². The van der Waals surface area contributed by atoms with Crippen LogP contribution in [0.25, 0.3) is 0 Å². The van der Waals surface area contributed by atoms with Gasteiger partial charge in [0.1, 0.15) is 0 Å².